The number of hydrogen-bond acceptors (Lipinski definition) is 5. The predicted octanol–water partition coefficient (Wildman–Crippen LogP) is 3.49. The number of fused-ring (bicyclic) bond motifs is 1. The average Bonchev–Trinajstić information content (AvgIpc) is 2.56. The minimum absolute atomic E-state index is 0.00565. The van der Waals surface area contributed by atoms with Gasteiger partial charge in [-0.1, -0.05) is 12.1 Å². The molecular formula is C19H16FNO4. The zero-order valence-corrected chi connectivity index (χ0v) is 13.8. The van der Waals surface area contributed by atoms with Gasteiger partial charge in [0.15, 0.2) is 0 Å². The molecule has 3 rings (SSSR count). The van der Waals surface area contributed by atoms with Crippen LogP contribution in [0, 0.1) is 19.7 Å². The van der Waals surface area contributed by atoms with Gasteiger partial charge in [0, 0.05) is 22.7 Å². The summed E-state index contributed by atoms with van der Waals surface area (Å²) in [6.07, 6.45) is 0. The Bertz CT molecular complexity index is 1040. The number of rotatable bonds is 3. The summed E-state index contributed by atoms with van der Waals surface area (Å²) in [6, 6.07) is 8.45. The van der Waals surface area contributed by atoms with E-state index in [4.69, 9.17) is 14.9 Å². The summed E-state index contributed by atoms with van der Waals surface area (Å²) in [7, 11) is 0. The maximum absolute atomic E-state index is 13.1. The van der Waals surface area contributed by atoms with Crippen molar-refractivity contribution in [2.45, 2.75) is 20.5 Å². The van der Waals surface area contributed by atoms with Crippen LogP contribution in [0.5, 0.6) is 0 Å². The largest absolute Gasteiger partial charge is 0.457 e. The Hall–Kier alpha value is -3.15. The van der Waals surface area contributed by atoms with Crippen molar-refractivity contribution in [3.63, 3.8) is 0 Å². The molecule has 0 bridgehead atoms. The van der Waals surface area contributed by atoms with E-state index in [1.54, 1.807) is 0 Å². The minimum atomic E-state index is -0.692. The van der Waals surface area contributed by atoms with Crippen LogP contribution < -0.4 is 11.4 Å². The molecule has 0 aliphatic heterocycles. The van der Waals surface area contributed by atoms with Gasteiger partial charge in [0.25, 0.3) is 0 Å². The summed E-state index contributed by atoms with van der Waals surface area (Å²) in [5.41, 5.74) is 8.03. The van der Waals surface area contributed by atoms with Crippen molar-refractivity contribution in [2.24, 2.45) is 0 Å². The second kappa shape index (κ2) is 6.39. The van der Waals surface area contributed by atoms with Crippen LogP contribution in [-0.2, 0) is 11.3 Å². The molecule has 128 valence electrons. The molecule has 5 nitrogen and oxygen atoms in total. The Morgan fingerprint density at radius 3 is 2.68 bits per heavy atom. The average molecular weight is 341 g/mol. The van der Waals surface area contributed by atoms with Crippen molar-refractivity contribution in [3.8, 4) is 0 Å². The molecule has 0 aliphatic rings. The zero-order chi connectivity index (χ0) is 18.1. The Balaban J connectivity index is 1.92. The molecule has 1 heterocycles. The lowest BCUT2D eigenvalue weighted by Crippen LogP contribution is -2.10. The first kappa shape index (κ1) is 16.7. The summed E-state index contributed by atoms with van der Waals surface area (Å²) in [4.78, 5) is 24.0. The number of esters is 1. The van der Waals surface area contributed by atoms with Crippen LogP contribution in [0.1, 0.15) is 27.0 Å². The van der Waals surface area contributed by atoms with E-state index in [0.717, 1.165) is 23.3 Å². The first-order chi connectivity index (χ1) is 11.9. The highest BCUT2D eigenvalue weighted by Gasteiger charge is 2.15. The van der Waals surface area contributed by atoms with Gasteiger partial charge in [-0.05, 0) is 43.2 Å². The number of nitrogens with two attached hydrogens (primary N) is 1. The van der Waals surface area contributed by atoms with Crippen LogP contribution in [0.15, 0.2) is 45.6 Å². The van der Waals surface area contributed by atoms with E-state index in [0.29, 0.717) is 16.5 Å². The van der Waals surface area contributed by atoms with Gasteiger partial charge in [-0.3, -0.25) is 0 Å². The predicted molar refractivity (Wildman–Crippen MR) is 91.9 cm³/mol. The van der Waals surface area contributed by atoms with Gasteiger partial charge in [0.1, 0.15) is 18.0 Å². The number of halogens is 1. The molecule has 0 saturated carbocycles. The highest BCUT2D eigenvalue weighted by Crippen LogP contribution is 2.24. The third-order valence-electron chi connectivity index (χ3n) is 4.11. The number of ether oxygens (including phenoxy) is 1. The fourth-order valence-electron chi connectivity index (χ4n) is 2.58. The third-order valence-corrected chi connectivity index (χ3v) is 4.11. The number of anilines is 1. The third kappa shape index (κ3) is 3.24. The van der Waals surface area contributed by atoms with Gasteiger partial charge in [0.2, 0.25) is 0 Å². The van der Waals surface area contributed by atoms with Crippen molar-refractivity contribution in [2.75, 3.05) is 5.73 Å². The smallest absolute Gasteiger partial charge is 0.340 e. The first-order valence-electron chi connectivity index (χ1n) is 7.62. The lowest BCUT2D eigenvalue weighted by molar-refractivity contribution is 0.0475. The standard InChI is InChI=1S/C19H16FNO4/c1-10-3-5-14-12(7-17(22)25-18(14)11(10)2)9-24-19(23)15-6-4-13(20)8-16(15)21/h3-8H,9,21H2,1-2H3. The lowest BCUT2D eigenvalue weighted by Gasteiger charge is -2.10. The van der Waals surface area contributed by atoms with E-state index in [9.17, 15) is 14.0 Å². The van der Waals surface area contributed by atoms with E-state index in [1.807, 2.05) is 26.0 Å². The van der Waals surface area contributed by atoms with Crippen LogP contribution in [0.2, 0.25) is 0 Å². The number of nitrogen functional groups attached to an aromatic ring is 1. The first-order valence-corrected chi connectivity index (χ1v) is 7.62. The SMILES string of the molecule is Cc1ccc2c(COC(=O)c3ccc(F)cc3N)cc(=O)oc2c1C. The number of benzene rings is 2. The van der Waals surface area contributed by atoms with Gasteiger partial charge in [0.05, 0.1) is 5.56 Å². The van der Waals surface area contributed by atoms with E-state index in [1.165, 1.54) is 12.1 Å². The molecule has 6 heteroatoms. The van der Waals surface area contributed by atoms with Crippen molar-refractivity contribution < 1.29 is 18.3 Å². The summed E-state index contributed by atoms with van der Waals surface area (Å²) >= 11 is 0. The van der Waals surface area contributed by atoms with Crippen LogP contribution >= 0.6 is 0 Å². The normalized spacial score (nSPS) is 10.8. The molecule has 25 heavy (non-hydrogen) atoms. The fourth-order valence-corrected chi connectivity index (χ4v) is 2.58. The quantitative estimate of drug-likeness (QED) is 0.448. The molecule has 0 fully saturated rings. The van der Waals surface area contributed by atoms with Crippen LogP contribution in [0.25, 0.3) is 11.0 Å². The van der Waals surface area contributed by atoms with Crippen molar-refractivity contribution >= 4 is 22.6 Å². The van der Waals surface area contributed by atoms with Crippen molar-refractivity contribution in [1.82, 2.24) is 0 Å². The Labute approximate surface area is 142 Å². The molecule has 0 amide bonds. The summed E-state index contributed by atoms with van der Waals surface area (Å²) in [5.74, 6) is -1.23. The highest BCUT2D eigenvalue weighted by atomic mass is 19.1. The molecule has 3 aromatic rings. The van der Waals surface area contributed by atoms with Crippen LogP contribution in [0.3, 0.4) is 0 Å². The van der Waals surface area contributed by atoms with E-state index in [-0.39, 0.29) is 17.9 Å². The lowest BCUT2D eigenvalue weighted by atomic mass is 10.0. The number of carbonyl (C=O) groups excluding carboxylic acids is 1. The second-order valence-electron chi connectivity index (χ2n) is 5.78. The van der Waals surface area contributed by atoms with E-state index < -0.39 is 17.4 Å². The van der Waals surface area contributed by atoms with E-state index >= 15 is 0 Å². The molecule has 0 atom stereocenters. The fraction of sp³-hybridized carbons (Fsp3) is 0.158. The highest BCUT2D eigenvalue weighted by molar-refractivity contribution is 5.95. The Morgan fingerprint density at radius 2 is 1.96 bits per heavy atom. The number of carbonyl (C=O) groups is 1. The summed E-state index contributed by atoms with van der Waals surface area (Å²) in [5, 5.41) is 0.697. The summed E-state index contributed by atoms with van der Waals surface area (Å²) < 4.78 is 23.6. The van der Waals surface area contributed by atoms with Gasteiger partial charge < -0.3 is 14.9 Å². The molecule has 2 aromatic carbocycles. The summed E-state index contributed by atoms with van der Waals surface area (Å²) in [6.45, 7) is 3.65. The van der Waals surface area contributed by atoms with Crippen LogP contribution in [0.4, 0.5) is 10.1 Å². The Kier molecular flexibility index (Phi) is 4.27. The van der Waals surface area contributed by atoms with Gasteiger partial charge in [-0.25, -0.2) is 14.0 Å². The minimum Gasteiger partial charge on any atom is -0.457 e. The number of aryl methyl sites for hydroxylation is 2. The monoisotopic (exact) mass is 341 g/mol. The zero-order valence-electron chi connectivity index (χ0n) is 13.8. The molecule has 0 spiro atoms. The van der Waals surface area contributed by atoms with Crippen LogP contribution in [-0.4, -0.2) is 5.97 Å². The second-order valence-corrected chi connectivity index (χ2v) is 5.78. The van der Waals surface area contributed by atoms with Gasteiger partial charge in [-0.15, -0.1) is 0 Å². The topological polar surface area (TPSA) is 82.5 Å². The number of hydrogen-bond donors (Lipinski definition) is 1. The van der Waals surface area contributed by atoms with Crippen molar-refractivity contribution in [3.05, 3.63) is 74.9 Å². The molecule has 0 unspecified atom stereocenters. The molecule has 0 radical (unpaired) electrons. The molecule has 2 N–H and O–H groups in total. The molecule has 0 saturated heterocycles. The maximum Gasteiger partial charge on any atom is 0.340 e. The molecule has 0 aliphatic carbocycles. The van der Waals surface area contributed by atoms with Crippen molar-refractivity contribution in [1.29, 1.82) is 0 Å². The van der Waals surface area contributed by atoms with Gasteiger partial charge in [-0.2, -0.15) is 0 Å². The molecule has 1 aromatic heterocycles. The molecular weight excluding hydrogens is 325 g/mol. The Morgan fingerprint density at radius 1 is 1.20 bits per heavy atom. The maximum atomic E-state index is 13.1. The van der Waals surface area contributed by atoms with E-state index in [2.05, 4.69) is 0 Å². The van der Waals surface area contributed by atoms with Gasteiger partial charge >= 0.3 is 11.6 Å².